The maximum absolute atomic E-state index is 10.5. The van der Waals surface area contributed by atoms with Gasteiger partial charge in [0.1, 0.15) is 22.8 Å². The van der Waals surface area contributed by atoms with Gasteiger partial charge in [-0.15, -0.1) is 11.3 Å². The second-order valence-electron chi connectivity index (χ2n) is 3.56. The van der Waals surface area contributed by atoms with Gasteiger partial charge in [0.05, 0.1) is 26.3 Å². The molecular weight excluding hydrogens is 250 g/mol. The first-order valence-electron chi connectivity index (χ1n) is 5.39. The third-order valence-electron chi connectivity index (χ3n) is 2.49. The van der Waals surface area contributed by atoms with Crippen LogP contribution in [0.25, 0.3) is 11.3 Å². The summed E-state index contributed by atoms with van der Waals surface area (Å²) in [5.41, 5.74) is 1.71. The van der Waals surface area contributed by atoms with E-state index < -0.39 is 0 Å². The molecule has 0 radical (unpaired) electrons. The number of hydrogen-bond donors (Lipinski definition) is 0. The Balaban J connectivity index is 2.39. The normalized spacial score (nSPS) is 10.1. The summed E-state index contributed by atoms with van der Waals surface area (Å²) in [5.74, 6) is 1.44. The minimum Gasteiger partial charge on any atom is -0.497 e. The van der Waals surface area contributed by atoms with Crippen LogP contribution in [-0.2, 0) is 11.2 Å². The maximum atomic E-state index is 10.5. The highest BCUT2D eigenvalue weighted by Crippen LogP contribution is 2.33. The number of aldehydes is 1. The van der Waals surface area contributed by atoms with Crippen LogP contribution in [-0.4, -0.2) is 25.5 Å². The van der Waals surface area contributed by atoms with E-state index >= 15 is 0 Å². The van der Waals surface area contributed by atoms with Crippen LogP contribution in [0.2, 0.25) is 0 Å². The number of benzene rings is 1. The molecule has 0 unspecified atom stereocenters. The lowest BCUT2D eigenvalue weighted by atomic mass is 10.1. The molecule has 0 aliphatic rings. The van der Waals surface area contributed by atoms with E-state index in [0.717, 1.165) is 28.3 Å². The van der Waals surface area contributed by atoms with Gasteiger partial charge in [-0.05, 0) is 12.1 Å². The van der Waals surface area contributed by atoms with Gasteiger partial charge in [0.25, 0.3) is 0 Å². The van der Waals surface area contributed by atoms with Crippen molar-refractivity contribution in [2.24, 2.45) is 0 Å². The number of carbonyl (C=O) groups excluding carboxylic acids is 1. The summed E-state index contributed by atoms with van der Waals surface area (Å²) >= 11 is 1.47. The summed E-state index contributed by atoms with van der Waals surface area (Å²) in [6.07, 6.45) is 1.21. The summed E-state index contributed by atoms with van der Waals surface area (Å²) < 4.78 is 10.5. The van der Waals surface area contributed by atoms with E-state index in [0.29, 0.717) is 12.2 Å². The highest BCUT2D eigenvalue weighted by Gasteiger charge is 2.10. The molecule has 0 atom stereocenters. The van der Waals surface area contributed by atoms with Crippen LogP contribution in [0.15, 0.2) is 23.6 Å². The molecule has 0 amide bonds. The van der Waals surface area contributed by atoms with E-state index in [9.17, 15) is 4.79 Å². The van der Waals surface area contributed by atoms with Crippen molar-refractivity contribution in [3.05, 3.63) is 28.6 Å². The molecule has 0 aliphatic carbocycles. The standard InChI is InChI=1S/C13H13NO3S/c1-16-9-3-4-10(12(7-9)17-2)11-8-18-13(14-11)5-6-15/h3-4,6-8H,5H2,1-2H3. The molecule has 2 rings (SSSR count). The number of hydrogen-bond acceptors (Lipinski definition) is 5. The quantitative estimate of drug-likeness (QED) is 0.778. The van der Waals surface area contributed by atoms with Crippen molar-refractivity contribution in [1.82, 2.24) is 4.98 Å². The minimum atomic E-state index is 0.350. The summed E-state index contributed by atoms with van der Waals surface area (Å²) in [5, 5.41) is 2.72. The average Bonchev–Trinajstić information content (AvgIpc) is 2.87. The molecule has 0 saturated carbocycles. The number of ether oxygens (including phenoxy) is 2. The third-order valence-corrected chi connectivity index (χ3v) is 3.37. The van der Waals surface area contributed by atoms with Gasteiger partial charge in [0.2, 0.25) is 0 Å². The van der Waals surface area contributed by atoms with Crippen LogP contribution < -0.4 is 9.47 Å². The van der Waals surface area contributed by atoms with E-state index in [4.69, 9.17) is 9.47 Å². The molecule has 2 aromatic rings. The number of methoxy groups -OCH3 is 2. The summed E-state index contributed by atoms with van der Waals surface area (Å²) in [6, 6.07) is 5.57. The Bertz CT molecular complexity index is 551. The second-order valence-corrected chi connectivity index (χ2v) is 4.51. The van der Waals surface area contributed by atoms with Crippen LogP contribution in [0.4, 0.5) is 0 Å². The molecule has 0 N–H and O–H groups in total. The largest absolute Gasteiger partial charge is 0.497 e. The van der Waals surface area contributed by atoms with Crippen molar-refractivity contribution in [3.8, 4) is 22.8 Å². The van der Waals surface area contributed by atoms with Crippen LogP contribution in [0.5, 0.6) is 11.5 Å². The van der Waals surface area contributed by atoms with E-state index in [1.54, 1.807) is 14.2 Å². The topological polar surface area (TPSA) is 48.4 Å². The van der Waals surface area contributed by atoms with E-state index in [1.165, 1.54) is 11.3 Å². The van der Waals surface area contributed by atoms with Gasteiger partial charge in [-0.25, -0.2) is 4.98 Å². The Hall–Kier alpha value is -1.88. The maximum Gasteiger partial charge on any atom is 0.131 e. The second kappa shape index (κ2) is 5.64. The van der Waals surface area contributed by atoms with Crippen LogP contribution in [0, 0.1) is 0 Å². The molecule has 4 nitrogen and oxygen atoms in total. The van der Waals surface area contributed by atoms with Crippen LogP contribution in [0.1, 0.15) is 5.01 Å². The Morgan fingerprint density at radius 2 is 2.17 bits per heavy atom. The van der Waals surface area contributed by atoms with Crippen molar-refractivity contribution in [1.29, 1.82) is 0 Å². The van der Waals surface area contributed by atoms with Crippen molar-refractivity contribution >= 4 is 17.6 Å². The highest BCUT2D eigenvalue weighted by molar-refractivity contribution is 7.10. The molecule has 0 aliphatic heterocycles. The Morgan fingerprint density at radius 3 is 2.83 bits per heavy atom. The molecule has 1 aromatic heterocycles. The molecular formula is C13H13NO3S. The van der Waals surface area contributed by atoms with E-state index in [2.05, 4.69) is 4.98 Å². The summed E-state index contributed by atoms with van der Waals surface area (Å²) in [7, 11) is 3.22. The lowest BCUT2D eigenvalue weighted by Crippen LogP contribution is -1.91. The van der Waals surface area contributed by atoms with Gasteiger partial charge < -0.3 is 14.3 Å². The Labute approximate surface area is 109 Å². The number of carbonyl (C=O) groups is 1. The third kappa shape index (κ3) is 2.51. The zero-order chi connectivity index (χ0) is 13.0. The minimum absolute atomic E-state index is 0.350. The van der Waals surface area contributed by atoms with Gasteiger partial charge in [0, 0.05) is 17.0 Å². The average molecular weight is 263 g/mol. The fourth-order valence-corrected chi connectivity index (χ4v) is 2.35. The number of rotatable bonds is 5. The predicted molar refractivity (Wildman–Crippen MR) is 70.4 cm³/mol. The monoisotopic (exact) mass is 263 g/mol. The zero-order valence-corrected chi connectivity index (χ0v) is 11.0. The molecule has 0 fully saturated rings. The smallest absolute Gasteiger partial charge is 0.131 e. The first-order valence-corrected chi connectivity index (χ1v) is 6.27. The van der Waals surface area contributed by atoms with Gasteiger partial charge in [0.15, 0.2) is 0 Å². The summed E-state index contributed by atoms with van der Waals surface area (Å²) in [6.45, 7) is 0. The molecule has 5 heteroatoms. The first kappa shape index (κ1) is 12.6. The highest BCUT2D eigenvalue weighted by atomic mass is 32.1. The van der Waals surface area contributed by atoms with E-state index in [1.807, 2.05) is 23.6 Å². The van der Waals surface area contributed by atoms with Crippen molar-refractivity contribution in [3.63, 3.8) is 0 Å². The molecule has 18 heavy (non-hydrogen) atoms. The van der Waals surface area contributed by atoms with Crippen molar-refractivity contribution in [2.45, 2.75) is 6.42 Å². The fraction of sp³-hybridized carbons (Fsp3) is 0.231. The number of thiazole rings is 1. The number of aromatic nitrogens is 1. The molecule has 0 saturated heterocycles. The molecule has 0 bridgehead atoms. The number of nitrogens with zero attached hydrogens (tertiary/aromatic N) is 1. The summed E-state index contributed by atoms with van der Waals surface area (Å²) in [4.78, 5) is 14.9. The Kier molecular flexibility index (Phi) is 3.94. The van der Waals surface area contributed by atoms with Crippen LogP contribution in [0.3, 0.4) is 0 Å². The molecule has 1 heterocycles. The predicted octanol–water partition coefficient (Wildman–Crippen LogP) is 2.57. The zero-order valence-electron chi connectivity index (χ0n) is 10.2. The van der Waals surface area contributed by atoms with Gasteiger partial charge in [-0.2, -0.15) is 0 Å². The lowest BCUT2D eigenvalue weighted by Gasteiger charge is -2.08. The van der Waals surface area contributed by atoms with Gasteiger partial charge >= 0.3 is 0 Å². The Morgan fingerprint density at radius 1 is 1.33 bits per heavy atom. The SMILES string of the molecule is COc1ccc(-c2csc(CC=O)n2)c(OC)c1. The van der Waals surface area contributed by atoms with Gasteiger partial charge in [-0.1, -0.05) is 0 Å². The van der Waals surface area contributed by atoms with Crippen LogP contribution >= 0.6 is 11.3 Å². The van der Waals surface area contributed by atoms with Gasteiger partial charge in [-0.3, -0.25) is 0 Å². The van der Waals surface area contributed by atoms with Crippen molar-refractivity contribution in [2.75, 3.05) is 14.2 Å². The molecule has 1 aromatic carbocycles. The lowest BCUT2D eigenvalue weighted by molar-refractivity contribution is -0.107. The molecule has 94 valence electrons. The van der Waals surface area contributed by atoms with E-state index in [-0.39, 0.29) is 0 Å². The van der Waals surface area contributed by atoms with Crippen molar-refractivity contribution < 1.29 is 14.3 Å². The molecule has 0 spiro atoms. The first-order chi connectivity index (χ1) is 8.78. The fourth-order valence-electron chi connectivity index (χ4n) is 1.61.